The molecule has 3 aliphatic heterocycles. The van der Waals surface area contributed by atoms with Crippen molar-refractivity contribution < 1.29 is 33.2 Å². The molecular weight excluding hydrogens is 476 g/mol. The highest BCUT2D eigenvalue weighted by atomic mass is 16.7. The molecule has 1 aromatic heterocycles. The first-order valence-electron chi connectivity index (χ1n) is 13.4. The molecule has 1 saturated carbocycles. The van der Waals surface area contributed by atoms with Gasteiger partial charge in [-0.15, -0.1) is 0 Å². The monoisotopic (exact) mass is 516 g/mol. The van der Waals surface area contributed by atoms with E-state index in [-0.39, 0.29) is 18.8 Å². The van der Waals surface area contributed by atoms with E-state index in [1.54, 1.807) is 21.3 Å². The third-order valence-corrected chi connectivity index (χ3v) is 8.46. The van der Waals surface area contributed by atoms with Crippen molar-refractivity contribution in [1.29, 1.82) is 0 Å². The Labute approximate surface area is 218 Å². The molecule has 6 rings (SSSR count). The minimum absolute atomic E-state index is 0.0627. The zero-order valence-corrected chi connectivity index (χ0v) is 22.5. The summed E-state index contributed by atoms with van der Waals surface area (Å²) >= 11 is 0. The Morgan fingerprint density at radius 3 is 2.65 bits per heavy atom. The highest BCUT2D eigenvalue weighted by Gasteiger charge is 2.63. The lowest BCUT2D eigenvalue weighted by Crippen LogP contribution is -2.67. The number of aromatic nitrogens is 1. The van der Waals surface area contributed by atoms with Gasteiger partial charge in [-0.05, 0) is 56.1 Å². The first-order chi connectivity index (χ1) is 18.1. The van der Waals surface area contributed by atoms with Gasteiger partial charge in [-0.25, -0.2) is 0 Å². The van der Waals surface area contributed by atoms with Crippen molar-refractivity contribution in [2.24, 2.45) is 11.8 Å². The molecule has 1 N–H and O–H groups in total. The standard InChI is InChI=1S/C28H40N2O7/c1-5-37-27(31)28-15-18-12-19(7-9-35-17-36-11-10-32-2)26(28)30(16-18)8-6-20-21-13-23(33-3)24(34-4)14-22(21)29-25(20)28/h13-14,18-19,26,29H,5-12,15-17H2,1-4H3/t18-,19?,26?,28?/m0/s1. The largest absolute Gasteiger partial charge is 0.493 e. The van der Waals surface area contributed by atoms with Crippen LogP contribution in [0.2, 0.25) is 0 Å². The van der Waals surface area contributed by atoms with Crippen LogP contribution in [0.25, 0.3) is 10.9 Å². The fourth-order valence-corrected chi connectivity index (χ4v) is 7.16. The number of nitrogens with zero attached hydrogens (tertiary/aromatic N) is 1. The number of benzene rings is 1. The summed E-state index contributed by atoms with van der Waals surface area (Å²) in [6.07, 6.45) is 3.65. The number of ether oxygens (including phenoxy) is 6. The number of aromatic amines is 1. The number of H-pyrrole nitrogens is 1. The molecule has 3 fully saturated rings. The zero-order chi connectivity index (χ0) is 26.0. The molecule has 2 aromatic rings. The Hall–Kier alpha value is -2.33. The van der Waals surface area contributed by atoms with Crippen LogP contribution in [0, 0.1) is 11.8 Å². The first kappa shape index (κ1) is 26.3. The van der Waals surface area contributed by atoms with Crippen LogP contribution in [0.1, 0.15) is 37.4 Å². The molecule has 0 radical (unpaired) electrons. The van der Waals surface area contributed by atoms with Crippen molar-refractivity contribution in [2.75, 3.05) is 67.6 Å². The van der Waals surface area contributed by atoms with Gasteiger partial charge in [0.15, 0.2) is 11.5 Å². The van der Waals surface area contributed by atoms with E-state index in [0.29, 0.717) is 49.8 Å². The number of piperidine rings is 2. The molecule has 0 spiro atoms. The molecule has 9 nitrogen and oxygen atoms in total. The van der Waals surface area contributed by atoms with E-state index in [4.69, 9.17) is 28.4 Å². The van der Waals surface area contributed by atoms with Crippen molar-refractivity contribution in [3.8, 4) is 11.5 Å². The summed E-state index contributed by atoms with van der Waals surface area (Å²) in [5.41, 5.74) is 2.44. The van der Waals surface area contributed by atoms with Gasteiger partial charge in [0.2, 0.25) is 0 Å². The van der Waals surface area contributed by atoms with Gasteiger partial charge < -0.3 is 33.4 Å². The van der Waals surface area contributed by atoms with E-state index in [0.717, 1.165) is 55.4 Å². The van der Waals surface area contributed by atoms with Gasteiger partial charge in [-0.1, -0.05) is 0 Å². The molecule has 0 amide bonds. The molecule has 4 aliphatic rings. The molecule has 37 heavy (non-hydrogen) atoms. The highest BCUT2D eigenvalue weighted by Crippen LogP contribution is 2.55. The van der Waals surface area contributed by atoms with Crippen molar-refractivity contribution in [2.45, 2.75) is 44.1 Å². The maximum atomic E-state index is 14.0. The van der Waals surface area contributed by atoms with Crippen LogP contribution in [-0.2, 0) is 35.6 Å². The van der Waals surface area contributed by atoms with Crippen molar-refractivity contribution in [3.63, 3.8) is 0 Å². The van der Waals surface area contributed by atoms with Gasteiger partial charge in [-0.3, -0.25) is 9.69 Å². The van der Waals surface area contributed by atoms with E-state index in [1.807, 2.05) is 19.1 Å². The predicted molar refractivity (Wildman–Crippen MR) is 138 cm³/mol. The van der Waals surface area contributed by atoms with Crippen LogP contribution in [0.4, 0.5) is 0 Å². The van der Waals surface area contributed by atoms with Crippen molar-refractivity contribution >= 4 is 16.9 Å². The zero-order valence-electron chi connectivity index (χ0n) is 22.5. The van der Waals surface area contributed by atoms with E-state index in [9.17, 15) is 4.79 Å². The summed E-state index contributed by atoms with van der Waals surface area (Å²) in [5.74, 6) is 2.01. The highest BCUT2D eigenvalue weighted by molar-refractivity contribution is 5.93. The summed E-state index contributed by atoms with van der Waals surface area (Å²) in [5, 5.41) is 1.09. The maximum Gasteiger partial charge on any atom is 0.319 e. The molecule has 9 heteroatoms. The van der Waals surface area contributed by atoms with Crippen molar-refractivity contribution in [3.05, 3.63) is 23.4 Å². The number of carbonyl (C=O) groups is 1. The first-order valence-corrected chi connectivity index (χ1v) is 13.4. The van der Waals surface area contributed by atoms with Crippen molar-refractivity contribution in [1.82, 2.24) is 9.88 Å². The number of rotatable bonds is 12. The Bertz CT molecular complexity index is 1100. The molecule has 4 bridgehead atoms. The Kier molecular flexibility index (Phi) is 7.95. The second-order valence-electron chi connectivity index (χ2n) is 10.4. The number of fused-ring (bicyclic) bond motifs is 4. The molecule has 1 aromatic carbocycles. The summed E-state index contributed by atoms with van der Waals surface area (Å²) in [6, 6.07) is 4.09. The smallest absolute Gasteiger partial charge is 0.319 e. The summed E-state index contributed by atoms with van der Waals surface area (Å²) < 4.78 is 33.3. The van der Waals surface area contributed by atoms with Gasteiger partial charge in [0, 0.05) is 55.5 Å². The maximum absolute atomic E-state index is 14.0. The summed E-state index contributed by atoms with van der Waals surface area (Å²) in [7, 11) is 4.95. The number of hydrogen-bond acceptors (Lipinski definition) is 8. The van der Waals surface area contributed by atoms with Crippen LogP contribution in [0.15, 0.2) is 12.1 Å². The Morgan fingerprint density at radius 2 is 1.89 bits per heavy atom. The normalized spacial score (nSPS) is 28.1. The number of methoxy groups -OCH3 is 3. The SMILES string of the molecule is CCOC(=O)C12C[C@@H]3CC(CCOCOCCOC)C1N(CCc1c2[nH]c2cc(OC)c(OC)cc12)C3. The number of nitrogens with one attached hydrogen (secondary N) is 1. The van der Waals surface area contributed by atoms with Crippen LogP contribution in [0.5, 0.6) is 11.5 Å². The van der Waals surface area contributed by atoms with Crippen LogP contribution in [-0.4, -0.2) is 89.5 Å². The van der Waals surface area contributed by atoms with Gasteiger partial charge in [0.25, 0.3) is 0 Å². The quantitative estimate of drug-likeness (QED) is 0.261. The minimum atomic E-state index is -0.734. The van der Waals surface area contributed by atoms with Gasteiger partial charge >= 0.3 is 5.97 Å². The molecular formula is C28H40N2O7. The lowest BCUT2D eigenvalue weighted by atomic mass is 9.56. The molecule has 2 saturated heterocycles. The Balaban J connectivity index is 1.50. The molecule has 204 valence electrons. The Morgan fingerprint density at radius 1 is 1.11 bits per heavy atom. The number of carbonyl (C=O) groups excluding carboxylic acids is 1. The second-order valence-corrected chi connectivity index (χ2v) is 10.4. The topological polar surface area (TPSA) is 91.5 Å². The van der Waals surface area contributed by atoms with Gasteiger partial charge in [0.05, 0.1) is 34.0 Å². The number of esters is 1. The van der Waals surface area contributed by atoms with Gasteiger partial charge in [-0.2, -0.15) is 0 Å². The summed E-state index contributed by atoms with van der Waals surface area (Å²) in [4.78, 5) is 20.2. The lowest BCUT2D eigenvalue weighted by molar-refractivity contribution is -0.166. The van der Waals surface area contributed by atoms with E-state index in [2.05, 4.69) is 9.88 Å². The van der Waals surface area contributed by atoms with Gasteiger partial charge in [0.1, 0.15) is 12.2 Å². The fourth-order valence-electron chi connectivity index (χ4n) is 7.16. The average molecular weight is 517 g/mol. The molecule has 1 aliphatic carbocycles. The molecule has 5 atom stereocenters. The second kappa shape index (κ2) is 11.2. The van der Waals surface area contributed by atoms with Crippen LogP contribution in [0.3, 0.4) is 0 Å². The average Bonchev–Trinajstić information content (AvgIpc) is 3.23. The fraction of sp³-hybridized carbons (Fsp3) is 0.679. The van der Waals surface area contributed by atoms with E-state index in [1.165, 1.54) is 5.56 Å². The number of hydrogen-bond donors (Lipinski definition) is 1. The third-order valence-electron chi connectivity index (χ3n) is 8.46. The lowest BCUT2D eigenvalue weighted by Gasteiger charge is -2.58. The molecule has 4 unspecified atom stereocenters. The van der Waals surface area contributed by atoms with Crippen LogP contribution < -0.4 is 9.47 Å². The van der Waals surface area contributed by atoms with E-state index < -0.39 is 5.41 Å². The third kappa shape index (κ3) is 4.60. The predicted octanol–water partition coefficient (Wildman–Crippen LogP) is 3.28. The molecule has 4 heterocycles. The van der Waals surface area contributed by atoms with E-state index >= 15 is 0 Å². The summed E-state index contributed by atoms with van der Waals surface area (Å²) in [6.45, 7) is 6.12. The minimum Gasteiger partial charge on any atom is -0.493 e. The van der Waals surface area contributed by atoms with Crippen LogP contribution >= 0.6 is 0 Å².